The third-order valence-corrected chi connectivity index (χ3v) is 4.62. The van der Waals surface area contributed by atoms with Crippen LogP contribution in [-0.4, -0.2) is 53.6 Å². The number of carbonyl (C=O) groups excluding carboxylic acids is 4. The number of hydrogen-bond donors (Lipinski definition) is 1. The highest BCUT2D eigenvalue weighted by molar-refractivity contribution is 6.09. The van der Waals surface area contributed by atoms with Crippen molar-refractivity contribution in [3.8, 4) is 0 Å². The van der Waals surface area contributed by atoms with E-state index in [0.717, 1.165) is 4.90 Å². The van der Waals surface area contributed by atoms with E-state index < -0.39 is 17.6 Å². The summed E-state index contributed by atoms with van der Waals surface area (Å²) in [5.74, 6) is -2.00. The lowest BCUT2D eigenvalue weighted by molar-refractivity contribution is -0.134. The fraction of sp³-hybridized carbons (Fsp3) is 0.238. The van der Waals surface area contributed by atoms with E-state index in [1.807, 2.05) is 0 Å². The molecule has 0 spiro atoms. The largest absolute Gasteiger partial charge is 0.336 e. The van der Waals surface area contributed by atoms with E-state index >= 15 is 0 Å². The van der Waals surface area contributed by atoms with Gasteiger partial charge in [0.1, 0.15) is 5.82 Å². The zero-order valence-corrected chi connectivity index (χ0v) is 15.9. The smallest absolute Gasteiger partial charge is 0.260 e. The van der Waals surface area contributed by atoms with Crippen molar-refractivity contribution in [2.75, 3.05) is 25.5 Å². The Hall–Kier alpha value is -3.55. The molecule has 8 heteroatoms. The van der Waals surface area contributed by atoms with Crippen LogP contribution in [0.1, 0.15) is 22.3 Å². The Labute approximate surface area is 167 Å². The van der Waals surface area contributed by atoms with Gasteiger partial charge in [0.05, 0.1) is 13.0 Å². The molecule has 0 unspecified atom stereocenters. The summed E-state index contributed by atoms with van der Waals surface area (Å²) in [6, 6.07) is 12.2. The molecule has 1 N–H and O–H groups in total. The van der Waals surface area contributed by atoms with Gasteiger partial charge in [0.15, 0.2) is 0 Å². The first-order valence-corrected chi connectivity index (χ1v) is 9.07. The minimum Gasteiger partial charge on any atom is -0.336 e. The maximum absolute atomic E-state index is 12.9. The minimum absolute atomic E-state index is 0.0469. The first-order chi connectivity index (χ1) is 13.8. The van der Waals surface area contributed by atoms with Crippen molar-refractivity contribution in [1.29, 1.82) is 0 Å². The van der Waals surface area contributed by atoms with E-state index in [9.17, 15) is 23.6 Å². The molecule has 0 aromatic heterocycles. The molecule has 2 aromatic rings. The van der Waals surface area contributed by atoms with Crippen LogP contribution in [0.4, 0.5) is 10.1 Å². The number of halogens is 1. The molecule has 0 saturated carbocycles. The normalized spacial score (nSPS) is 13.1. The summed E-state index contributed by atoms with van der Waals surface area (Å²) in [5.41, 5.74) is 1.56. The Kier molecular flexibility index (Phi) is 6.01. The lowest BCUT2D eigenvalue weighted by Crippen LogP contribution is -2.44. The highest BCUT2D eigenvalue weighted by atomic mass is 19.1. The van der Waals surface area contributed by atoms with Gasteiger partial charge in [0.25, 0.3) is 5.91 Å². The summed E-state index contributed by atoms with van der Waals surface area (Å²) < 4.78 is 12.9. The number of nitrogens with one attached hydrogen (secondary N) is 1. The van der Waals surface area contributed by atoms with Crippen molar-refractivity contribution in [3.05, 3.63) is 65.5 Å². The van der Waals surface area contributed by atoms with Gasteiger partial charge < -0.3 is 10.2 Å². The molecule has 4 amide bonds. The lowest BCUT2D eigenvalue weighted by Gasteiger charge is -2.27. The maximum Gasteiger partial charge on any atom is 0.260 e. The van der Waals surface area contributed by atoms with Gasteiger partial charge in [-0.1, -0.05) is 18.2 Å². The van der Waals surface area contributed by atoms with Gasteiger partial charge in [-0.3, -0.25) is 24.1 Å². The second-order valence-corrected chi connectivity index (χ2v) is 6.74. The van der Waals surface area contributed by atoms with E-state index in [1.165, 1.54) is 36.2 Å². The van der Waals surface area contributed by atoms with Crippen LogP contribution in [0.5, 0.6) is 0 Å². The molecule has 2 aromatic carbocycles. The Morgan fingerprint density at radius 1 is 1.10 bits per heavy atom. The van der Waals surface area contributed by atoms with Gasteiger partial charge in [0, 0.05) is 31.3 Å². The van der Waals surface area contributed by atoms with Gasteiger partial charge in [-0.05, 0) is 35.9 Å². The van der Waals surface area contributed by atoms with E-state index in [2.05, 4.69) is 5.32 Å². The predicted octanol–water partition coefficient (Wildman–Crippen LogP) is 1.84. The number of benzene rings is 2. The number of hydrogen-bond acceptors (Lipinski definition) is 4. The first kappa shape index (κ1) is 20.2. The van der Waals surface area contributed by atoms with E-state index in [1.54, 1.807) is 24.3 Å². The summed E-state index contributed by atoms with van der Waals surface area (Å²) in [5, 5.41) is 2.57. The minimum atomic E-state index is -0.438. The number of rotatable bonds is 6. The van der Waals surface area contributed by atoms with Crippen molar-refractivity contribution in [3.63, 3.8) is 0 Å². The average Bonchev–Trinajstić information content (AvgIpc) is 2.69. The fourth-order valence-corrected chi connectivity index (χ4v) is 3.06. The molecule has 1 aliphatic heterocycles. The zero-order chi connectivity index (χ0) is 21.0. The van der Waals surface area contributed by atoms with Crippen molar-refractivity contribution < 1.29 is 23.6 Å². The number of imide groups is 1. The van der Waals surface area contributed by atoms with Crippen LogP contribution >= 0.6 is 0 Å². The van der Waals surface area contributed by atoms with Crippen molar-refractivity contribution in [2.45, 2.75) is 12.8 Å². The summed E-state index contributed by atoms with van der Waals surface area (Å²) >= 11 is 0. The predicted molar refractivity (Wildman–Crippen MR) is 103 cm³/mol. The molecule has 1 aliphatic rings. The molecular weight excluding hydrogens is 377 g/mol. The number of amides is 4. The molecule has 0 bridgehead atoms. The third-order valence-electron chi connectivity index (χ3n) is 4.62. The molecule has 0 radical (unpaired) electrons. The number of carbonyl (C=O) groups is 4. The monoisotopic (exact) mass is 397 g/mol. The SMILES string of the molecule is CN(CC(=O)Nc1ccc(F)cc1)C(=O)CCN1C(=O)Cc2ccccc2C1=O. The van der Waals surface area contributed by atoms with Crippen molar-refractivity contribution in [2.24, 2.45) is 0 Å². The van der Waals surface area contributed by atoms with Crippen LogP contribution < -0.4 is 5.32 Å². The lowest BCUT2D eigenvalue weighted by atomic mass is 9.98. The molecule has 0 aliphatic carbocycles. The summed E-state index contributed by atoms with van der Waals surface area (Å²) in [7, 11) is 1.46. The van der Waals surface area contributed by atoms with Crippen LogP contribution in [0.25, 0.3) is 0 Å². The highest BCUT2D eigenvalue weighted by Crippen LogP contribution is 2.19. The molecular formula is C21H20FN3O4. The molecule has 29 heavy (non-hydrogen) atoms. The molecule has 0 fully saturated rings. The Balaban J connectivity index is 1.52. The van der Waals surface area contributed by atoms with Crippen molar-refractivity contribution in [1.82, 2.24) is 9.80 Å². The number of anilines is 1. The van der Waals surface area contributed by atoms with E-state index in [-0.39, 0.29) is 37.7 Å². The standard InChI is InChI=1S/C21H20FN3O4/c1-24(13-18(26)23-16-8-6-15(22)7-9-16)19(27)10-11-25-20(28)12-14-4-2-3-5-17(14)21(25)29/h2-9H,10-13H2,1H3,(H,23,26). The third kappa shape index (κ3) is 4.84. The average molecular weight is 397 g/mol. The molecule has 150 valence electrons. The fourth-order valence-electron chi connectivity index (χ4n) is 3.06. The summed E-state index contributed by atoms with van der Waals surface area (Å²) in [6.07, 6.45) is 0.0337. The Morgan fingerprint density at radius 3 is 2.52 bits per heavy atom. The maximum atomic E-state index is 12.9. The van der Waals surface area contributed by atoms with Crippen LogP contribution in [0.15, 0.2) is 48.5 Å². The molecule has 0 atom stereocenters. The van der Waals surface area contributed by atoms with Crippen LogP contribution in [-0.2, 0) is 20.8 Å². The second-order valence-electron chi connectivity index (χ2n) is 6.74. The van der Waals surface area contributed by atoms with Crippen molar-refractivity contribution >= 4 is 29.3 Å². The Morgan fingerprint density at radius 2 is 1.79 bits per heavy atom. The molecule has 1 heterocycles. The summed E-state index contributed by atoms with van der Waals surface area (Å²) in [6.45, 7) is -0.254. The van der Waals surface area contributed by atoms with Gasteiger partial charge in [-0.2, -0.15) is 0 Å². The van der Waals surface area contributed by atoms with Gasteiger partial charge >= 0.3 is 0 Å². The number of likely N-dealkylation sites (N-methyl/N-ethyl adjacent to an activating group) is 1. The first-order valence-electron chi connectivity index (χ1n) is 9.07. The van der Waals surface area contributed by atoms with Crippen LogP contribution in [0.3, 0.4) is 0 Å². The summed E-state index contributed by atoms with van der Waals surface area (Å²) in [4.78, 5) is 51.4. The van der Waals surface area contributed by atoms with E-state index in [0.29, 0.717) is 16.8 Å². The second kappa shape index (κ2) is 8.64. The number of fused-ring (bicyclic) bond motifs is 1. The van der Waals surface area contributed by atoms with Crippen LogP contribution in [0, 0.1) is 5.82 Å². The number of nitrogens with zero attached hydrogens (tertiary/aromatic N) is 2. The quantitative estimate of drug-likeness (QED) is 0.754. The molecule has 3 rings (SSSR count). The van der Waals surface area contributed by atoms with Gasteiger partial charge in [0.2, 0.25) is 17.7 Å². The topological polar surface area (TPSA) is 86.8 Å². The van der Waals surface area contributed by atoms with Crippen LogP contribution in [0.2, 0.25) is 0 Å². The van der Waals surface area contributed by atoms with E-state index in [4.69, 9.17) is 0 Å². The Bertz CT molecular complexity index is 959. The molecule has 7 nitrogen and oxygen atoms in total. The highest BCUT2D eigenvalue weighted by Gasteiger charge is 2.31. The zero-order valence-electron chi connectivity index (χ0n) is 15.9. The molecule has 0 saturated heterocycles. The van der Waals surface area contributed by atoms with Gasteiger partial charge in [-0.15, -0.1) is 0 Å². The van der Waals surface area contributed by atoms with Gasteiger partial charge in [-0.25, -0.2) is 4.39 Å².